The summed E-state index contributed by atoms with van der Waals surface area (Å²) in [5.41, 5.74) is 0. The first-order valence-corrected chi connectivity index (χ1v) is 10.4. The summed E-state index contributed by atoms with van der Waals surface area (Å²) in [5, 5.41) is 9.57. The number of rotatable bonds is 8. The summed E-state index contributed by atoms with van der Waals surface area (Å²) in [4.78, 5) is 24.5. The number of carbonyl (C=O) groups excluding carboxylic acids is 2. The van der Waals surface area contributed by atoms with Gasteiger partial charge in [0.25, 0.3) is 0 Å². The van der Waals surface area contributed by atoms with Gasteiger partial charge in [0.1, 0.15) is 0 Å². The van der Waals surface area contributed by atoms with Crippen molar-refractivity contribution in [1.29, 1.82) is 0 Å². The lowest BCUT2D eigenvalue weighted by molar-refractivity contribution is -0.126. The van der Waals surface area contributed by atoms with Crippen molar-refractivity contribution in [2.75, 3.05) is 13.1 Å². The van der Waals surface area contributed by atoms with Gasteiger partial charge in [-0.2, -0.15) is 0 Å². The molecule has 25 heavy (non-hydrogen) atoms. The summed E-state index contributed by atoms with van der Waals surface area (Å²) >= 11 is 0. The second-order valence-corrected chi connectivity index (χ2v) is 8.03. The van der Waals surface area contributed by atoms with Gasteiger partial charge < -0.3 is 16.0 Å². The molecule has 0 aliphatic heterocycles. The van der Waals surface area contributed by atoms with Crippen molar-refractivity contribution in [3.63, 3.8) is 0 Å². The van der Waals surface area contributed by atoms with Crippen molar-refractivity contribution in [3.8, 4) is 0 Å². The minimum absolute atomic E-state index is 0.111. The largest absolute Gasteiger partial charge is 0.354 e. The van der Waals surface area contributed by atoms with Crippen LogP contribution in [0.2, 0.25) is 0 Å². The van der Waals surface area contributed by atoms with Gasteiger partial charge in [-0.15, -0.1) is 0 Å². The van der Waals surface area contributed by atoms with Crippen LogP contribution < -0.4 is 16.0 Å². The van der Waals surface area contributed by atoms with E-state index in [1.807, 2.05) is 0 Å². The molecule has 144 valence electrons. The first-order valence-electron chi connectivity index (χ1n) is 10.4. The smallest absolute Gasteiger partial charge is 0.223 e. The highest BCUT2D eigenvalue weighted by atomic mass is 16.2. The zero-order chi connectivity index (χ0) is 18.1. The van der Waals surface area contributed by atoms with E-state index in [9.17, 15) is 9.59 Å². The second-order valence-electron chi connectivity index (χ2n) is 8.03. The molecule has 3 N–H and O–H groups in total. The van der Waals surface area contributed by atoms with Crippen LogP contribution >= 0.6 is 0 Å². The molecule has 0 aromatic heterocycles. The Labute approximate surface area is 153 Å². The summed E-state index contributed by atoms with van der Waals surface area (Å²) < 4.78 is 0. The Balaban J connectivity index is 1.61. The van der Waals surface area contributed by atoms with Crippen molar-refractivity contribution in [2.24, 2.45) is 11.8 Å². The summed E-state index contributed by atoms with van der Waals surface area (Å²) in [5.74, 6) is 1.10. The molecule has 5 nitrogen and oxygen atoms in total. The van der Waals surface area contributed by atoms with Crippen molar-refractivity contribution < 1.29 is 9.59 Å². The highest BCUT2D eigenvalue weighted by Gasteiger charge is 2.27. The van der Waals surface area contributed by atoms with Crippen LogP contribution in [-0.4, -0.2) is 37.0 Å². The molecule has 2 aliphatic rings. The molecular formula is C20H37N3O2. The Morgan fingerprint density at radius 3 is 2.32 bits per heavy atom. The molecule has 2 amide bonds. The minimum atomic E-state index is 0.111. The molecule has 0 spiro atoms. The van der Waals surface area contributed by atoms with E-state index in [1.54, 1.807) is 0 Å². The maximum atomic E-state index is 12.3. The van der Waals surface area contributed by atoms with Crippen LogP contribution in [0.25, 0.3) is 0 Å². The average Bonchev–Trinajstić information content (AvgIpc) is 2.61. The molecule has 0 aromatic carbocycles. The monoisotopic (exact) mass is 351 g/mol. The number of likely N-dealkylation sites (N-methyl/N-ethyl adjacent to an activating group) is 1. The molecule has 0 unspecified atom stereocenters. The van der Waals surface area contributed by atoms with Crippen LogP contribution in [0.1, 0.15) is 78.1 Å². The van der Waals surface area contributed by atoms with Crippen LogP contribution in [0.15, 0.2) is 0 Å². The van der Waals surface area contributed by atoms with Gasteiger partial charge in [-0.3, -0.25) is 9.59 Å². The normalized spacial score (nSPS) is 26.0. The predicted octanol–water partition coefficient (Wildman–Crippen LogP) is 2.75. The molecule has 2 saturated carbocycles. The van der Waals surface area contributed by atoms with E-state index >= 15 is 0 Å². The zero-order valence-corrected chi connectivity index (χ0v) is 16.1. The van der Waals surface area contributed by atoms with Crippen LogP contribution in [0.4, 0.5) is 0 Å². The number of carbonyl (C=O) groups is 2. The van der Waals surface area contributed by atoms with Crippen molar-refractivity contribution >= 4 is 11.8 Å². The SMILES string of the molecule is CCN[C@H](C)CNC(=O)C1CCC(NC(=O)CC2CCCCC2)CC1. The van der Waals surface area contributed by atoms with Crippen LogP contribution in [0, 0.1) is 11.8 Å². The third-order valence-electron chi connectivity index (χ3n) is 5.80. The van der Waals surface area contributed by atoms with Crippen LogP contribution in [-0.2, 0) is 9.59 Å². The zero-order valence-electron chi connectivity index (χ0n) is 16.1. The third-order valence-corrected chi connectivity index (χ3v) is 5.80. The summed E-state index contributed by atoms with van der Waals surface area (Å²) in [6, 6.07) is 0.574. The Bertz CT molecular complexity index is 413. The summed E-state index contributed by atoms with van der Waals surface area (Å²) in [6.07, 6.45) is 10.6. The van der Waals surface area contributed by atoms with E-state index in [0.29, 0.717) is 24.9 Å². The molecule has 0 saturated heterocycles. The van der Waals surface area contributed by atoms with Gasteiger partial charge in [0.05, 0.1) is 0 Å². The van der Waals surface area contributed by atoms with Crippen molar-refractivity contribution in [1.82, 2.24) is 16.0 Å². The Kier molecular flexibility index (Phi) is 8.73. The highest BCUT2D eigenvalue weighted by Crippen LogP contribution is 2.27. The maximum Gasteiger partial charge on any atom is 0.223 e. The van der Waals surface area contributed by atoms with Crippen molar-refractivity contribution in [3.05, 3.63) is 0 Å². The van der Waals surface area contributed by atoms with Gasteiger partial charge in [0, 0.05) is 31.0 Å². The summed E-state index contributed by atoms with van der Waals surface area (Å²) in [6.45, 7) is 5.76. The third kappa shape index (κ3) is 7.35. The standard InChI is InChI=1S/C20H37N3O2/c1-3-21-15(2)14-22-20(25)17-9-11-18(12-10-17)23-19(24)13-16-7-5-4-6-8-16/h15-18,21H,3-14H2,1-2H3,(H,22,25)(H,23,24)/t15-,17?,18?/m1/s1. The fraction of sp³-hybridized carbons (Fsp3) is 0.900. The molecular weight excluding hydrogens is 314 g/mol. The first kappa shape index (κ1) is 20.2. The Morgan fingerprint density at radius 2 is 1.68 bits per heavy atom. The molecule has 5 heteroatoms. The van der Waals surface area contributed by atoms with E-state index in [2.05, 4.69) is 29.8 Å². The first-order chi connectivity index (χ1) is 12.1. The molecule has 0 bridgehead atoms. The molecule has 0 aromatic rings. The molecule has 0 heterocycles. The van der Waals surface area contributed by atoms with E-state index in [0.717, 1.165) is 32.2 Å². The van der Waals surface area contributed by atoms with Gasteiger partial charge >= 0.3 is 0 Å². The summed E-state index contributed by atoms with van der Waals surface area (Å²) in [7, 11) is 0. The lowest BCUT2D eigenvalue weighted by Gasteiger charge is -2.29. The van der Waals surface area contributed by atoms with Crippen LogP contribution in [0.5, 0.6) is 0 Å². The molecule has 1 atom stereocenters. The van der Waals surface area contributed by atoms with Gasteiger partial charge in [-0.1, -0.05) is 26.2 Å². The number of amides is 2. The topological polar surface area (TPSA) is 70.2 Å². The molecule has 2 aliphatic carbocycles. The van der Waals surface area contributed by atoms with E-state index in [4.69, 9.17) is 0 Å². The molecule has 2 fully saturated rings. The number of hydrogen-bond donors (Lipinski definition) is 3. The second kappa shape index (κ2) is 10.8. The molecule has 2 rings (SSSR count). The van der Waals surface area contributed by atoms with E-state index in [-0.39, 0.29) is 23.8 Å². The quantitative estimate of drug-likeness (QED) is 0.630. The molecule has 0 radical (unpaired) electrons. The lowest BCUT2D eigenvalue weighted by Crippen LogP contribution is -2.44. The fourth-order valence-corrected chi connectivity index (χ4v) is 4.26. The number of hydrogen-bond acceptors (Lipinski definition) is 3. The van der Waals surface area contributed by atoms with Gasteiger partial charge in [0.2, 0.25) is 11.8 Å². The fourth-order valence-electron chi connectivity index (χ4n) is 4.26. The number of nitrogens with one attached hydrogen (secondary N) is 3. The predicted molar refractivity (Wildman–Crippen MR) is 101 cm³/mol. The van der Waals surface area contributed by atoms with E-state index in [1.165, 1.54) is 32.1 Å². The Morgan fingerprint density at radius 1 is 1.00 bits per heavy atom. The maximum absolute atomic E-state index is 12.3. The minimum Gasteiger partial charge on any atom is -0.354 e. The van der Waals surface area contributed by atoms with Gasteiger partial charge in [-0.25, -0.2) is 0 Å². The Hall–Kier alpha value is -1.10. The average molecular weight is 352 g/mol. The van der Waals surface area contributed by atoms with Crippen molar-refractivity contribution in [2.45, 2.75) is 90.1 Å². The highest BCUT2D eigenvalue weighted by molar-refractivity contribution is 5.79. The van der Waals surface area contributed by atoms with Gasteiger partial charge in [0.15, 0.2) is 0 Å². The van der Waals surface area contributed by atoms with Gasteiger partial charge in [-0.05, 0) is 57.9 Å². The lowest BCUT2D eigenvalue weighted by atomic mass is 9.84. The van der Waals surface area contributed by atoms with E-state index < -0.39 is 0 Å². The van der Waals surface area contributed by atoms with Crippen LogP contribution in [0.3, 0.4) is 0 Å².